The quantitative estimate of drug-likeness (QED) is 0.191. The Kier molecular flexibility index (Phi) is 6.08. The van der Waals surface area contributed by atoms with Crippen LogP contribution < -0.4 is 4.99 Å². The van der Waals surface area contributed by atoms with E-state index >= 15 is 0 Å². The second-order valence-electron chi connectivity index (χ2n) is 3.88. The summed E-state index contributed by atoms with van der Waals surface area (Å²) in [5, 5.41) is 9.22. The molecule has 19 heavy (non-hydrogen) atoms. The van der Waals surface area contributed by atoms with Gasteiger partial charge in [-0.1, -0.05) is 18.7 Å². The molecule has 1 fully saturated rings. The second-order valence-corrected chi connectivity index (χ2v) is 4.20. The van der Waals surface area contributed by atoms with Gasteiger partial charge in [-0.25, -0.2) is 9.79 Å². The summed E-state index contributed by atoms with van der Waals surface area (Å²) < 4.78 is 0. The molecule has 0 atom stereocenters. The maximum atomic E-state index is 11.4. The van der Waals surface area contributed by atoms with Crippen molar-refractivity contribution in [1.82, 2.24) is 4.90 Å². The molecule has 0 saturated carbocycles. The highest BCUT2D eigenvalue weighted by atomic mass is 32.1. The van der Waals surface area contributed by atoms with Gasteiger partial charge < -0.3 is 10.0 Å². The average Bonchev–Trinajstić information content (AvgIpc) is 2.38. The van der Waals surface area contributed by atoms with E-state index in [-0.39, 0.29) is 17.4 Å². The van der Waals surface area contributed by atoms with Gasteiger partial charge in [-0.2, -0.15) is 12.6 Å². The van der Waals surface area contributed by atoms with Crippen LogP contribution in [0.25, 0.3) is 0 Å². The maximum absolute atomic E-state index is 11.4. The van der Waals surface area contributed by atoms with Gasteiger partial charge in [0, 0.05) is 30.4 Å². The lowest BCUT2D eigenvalue weighted by molar-refractivity contribution is -0.440. The number of aliphatic carboxylic acids is 1. The normalized spacial score (nSPS) is 16.7. The van der Waals surface area contributed by atoms with Crippen LogP contribution in [-0.2, 0) is 9.59 Å². The fourth-order valence-electron chi connectivity index (χ4n) is 1.61. The third-order valence-electron chi connectivity index (χ3n) is 2.63. The van der Waals surface area contributed by atoms with Gasteiger partial charge in [0.2, 0.25) is 5.91 Å². The van der Waals surface area contributed by atoms with Crippen LogP contribution in [0.2, 0.25) is 0 Å². The Hall–Kier alpha value is -1.82. The lowest BCUT2D eigenvalue weighted by Gasteiger charge is -2.31. The molecule has 0 aromatic rings. The van der Waals surface area contributed by atoms with Gasteiger partial charge in [0.15, 0.2) is 12.8 Å². The number of hydrogen-bond donors (Lipinski definition) is 3. The number of amides is 1. The third kappa shape index (κ3) is 4.10. The van der Waals surface area contributed by atoms with E-state index in [0.29, 0.717) is 25.1 Å². The Balaban J connectivity index is 2.86. The number of carbonyl (C=O) groups is 2. The van der Waals surface area contributed by atoms with E-state index in [9.17, 15) is 14.7 Å². The average molecular weight is 281 g/mol. The number of carbonyl (C=O) groups excluding carboxylic acids is 1. The summed E-state index contributed by atoms with van der Waals surface area (Å²) in [5.41, 5.74) is 0.618. The van der Waals surface area contributed by atoms with Gasteiger partial charge in [0.1, 0.15) is 5.70 Å². The zero-order chi connectivity index (χ0) is 14.3. The maximum Gasteiger partial charge on any atom is 0.352 e. The molecule has 1 saturated heterocycles. The zero-order valence-corrected chi connectivity index (χ0v) is 11.4. The molecule has 0 aliphatic carbocycles. The first-order valence-corrected chi connectivity index (χ1v) is 6.46. The first kappa shape index (κ1) is 15.2. The molecule has 2 N–H and O–H groups in total. The highest BCUT2D eigenvalue weighted by molar-refractivity contribution is 7.80. The fraction of sp³-hybridized carbons (Fsp3) is 0.308. The molecule has 1 heterocycles. The Morgan fingerprint density at radius 2 is 2.26 bits per heavy atom. The Morgan fingerprint density at radius 1 is 1.53 bits per heavy atom. The number of β-lactam (4-membered cyclic amide) rings is 1. The molecule has 0 aromatic heterocycles. The van der Waals surface area contributed by atoms with Crippen molar-refractivity contribution in [2.24, 2.45) is 0 Å². The zero-order valence-electron chi connectivity index (χ0n) is 10.5. The minimum atomic E-state index is -1.10. The van der Waals surface area contributed by atoms with Crippen molar-refractivity contribution in [1.29, 1.82) is 0 Å². The third-order valence-corrected chi connectivity index (χ3v) is 3.01. The van der Waals surface area contributed by atoms with Crippen molar-refractivity contribution >= 4 is 30.7 Å². The molecular formula is C13H17N2O3S+. The van der Waals surface area contributed by atoms with Gasteiger partial charge in [0.05, 0.1) is 0 Å². The predicted molar refractivity (Wildman–Crippen MR) is 76.1 cm³/mol. The summed E-state index contributed by atoms with van der Waals surface area (Å²) in [7, 11) is 0. The number of hydrogen-bond acceptors (Lipinski definition) is 3. The number of allylic oxidation sites excluding steroid dienone is 3. The number of carboxylic acid groups (broad SMARTS) is 1. The molecular weight excluding hydrogens is 264 g/mol. The molecule has 5 nitrogen and oxygen atoms in total. The Bertz CT molecular complexity index is 467. The lowest BCUT2D eigenvalue weighted by atomic mass is 10.1. The largest absolute Gasteiger partial charge is 0.477 e. The Morgan fingerprint density at radius 3 is 2.68 bits per heavy atom. The van der Waals surface area contributed by atoms with E-state index in [0.717, 1.165) is 0 Å². The van der Waals surface area contributed by atoms with E-state index in [1.807, 2.05) is 0 Å². The number of thiol groups is 1. The molecule has 0 radical (unpaired) electrons. The van der Waals surface area contributed by atoms with Crippen LogP contribution in [0.15, 0.2) is 36.1 Å². The first-order chi connectivity index (χ1) is 9.11. The number of carboxylic acids is 1. The van der Waals surface area contributed by atoms with Crippen molar-refractivity contribution in [3.8, 4) is 0 Å². The van der Waals surface area contributed by atoms with E-state index in [1.54, 1.807) is 24.4 Å². The minimum Gasteiger partial charge on any atom is -0.477 e. The van der Waals surface area contributed by atoms with Gasteiger partial charge >= 0.3 is 5.97 Å². The monoisotopic (exact) mass is 281 g/mol. The molecule has 1 aliphatic heterocycles. The first-order valence-electron chi connectivity index (χ1n) is 5.82. The summed E-state index contributed by atoms with van der Waals surface area (Å²) >= 11 is 4.13. The molecule has 0 bridgehead atoms. The predicted octanol–water partition coefficient (Wildman–Crippen LogP) is -0.619. The molecule has 0 aromatic carbocycles. The molecule has 0 unspecified atom stereocenters. The van der Waals surface area contributed by atoms with Crippen LogP contribution in [0, 0.1) is 0 Å². The molecule has 102 valence electrons. The number of rotatable bonds is 7. The smallest absolute Gasteiger partial charge is 0.352 e. The topological polar surface area (TPSA) is 71.6 Å². The van der Waals surface area contributed by atoms with Crippen molar-refractivity contribution < 1.29 is 19.7 Å². The van der Waals surface area contributed by atoms with Crippen molar-refractivity contribution in [3.63, 3.8) is 0 Å². The van der Waals surface area contributed by atoms with E-state index in [1.165, 1.54) is 4.90 Å². The van der Waals surface area contributed by atoms with Crippen LogP contribution in [-0.4, -0.2) is 46.9 Å². The Labute approximate surface area is 117 Å². The molecule has 1 aliphatic rings. The van der Waals surface area contributed by atoms with E-state index < -0.39 is 5.97 Å². The van der Waals surface area contributed by atoms with E-state index in [4.69, 9.17) is 0 Å². The van der Waals surface area contributed by atoms with Gasteiger partial charge in [-0.15, -0.1) is 0 Å². The fourth-order valence-corrected chi connectivity index (χ4v) is 1.87. The minimum absolute atomic E-state index is 0.0415. The highest BCUT2D eigenvalue weighted by Crippen LogP contribution is 2.19. The summed E-state index contributed by atoms with van der Waals surface area (Å²) in [6, 6.07) is 0. The highest BCUT2D eigenvalue weighted by Gasteiger charge is 2.33. The lowest BCUT2D eigenvalue weighted by Crippen LogP contribution is -2.69. The summed E-state index contributed by atoms with van der Waals surface area (Å²) in [6.07, 6.45) is 7.21. The molecule has 6 heteroatoms. The van der Waals surface area contributed by atoms with Crippen LogP contribution in [0.3, 0.4) is 0 Å². The number of nitrogens with one attached hydrogen (secondary N) is 1. The summed E-state index contributed by atoms with van der Waals surface area (Å²) in [5.74, 6) is -0.981. The van der Waals surface area contributed by atoms with Gasteiger partial charge in [-0.3, -0.25) is 4.79 Å². The van der Waals surface area contributed by atoms with Crippen LogP contribution in [0.5, 0.6) is 0 Å². The second kappa shape index (κ2) is 7.58. The van der Waals surface area contributed by atoms with Crippen molar-refractivity contribution in [2.75, 3.05) is 18.8 Å². The molecule has 0 spiro atoms. The van der Waals surface area contributed by atoms with Crippen LogP contribution >= 0.6 is 12.6 Å². The number of nitrogens with zero attached hydrogens (tertiary/aromatic N) is 1. The molecule has 1 rings (SSSR count). The van der Waals surface area contributed by atoms with Crippen molar-refractivity contribution in [2.45, 2.75) is 6.42 Å². The standard InChI is InChI=1S/C13H16N2O3S/c1-2-3-4-6-14-8-10(9-19)12(13(17)18)15-7-5-11(15)16/h2-4,6,19H,1,5,7-9H2,(H,17,18)/p+1/b4-3-,12-10-,14-6?. The van der Waals surface area contributed by atoms with E-state index in [2.05, 4.69) is 24.2 Å². The van der Waals surface area contributed by atoms with Crippen LogP contribution in [0.4, 0.5) is 0 Å². The SMILES string of the molecule is C=C/C=C\C=[NH+]C/C(CS)=C(\C(=O)O)N1CCC1=O. The van der Waals surface area contributed by atoms with Crippen molar-refractivity contribution in [3.05, 3.63) is 36.1 Å². The molecule has 1 amide bonds. The van der Waals surface area contributed by atoms with Crippen LogP contribution in [0.1, 0.15) is 6.42 Å². The summed E-state index contributed by atoms with van der Waals surface area (Å²) in [4.78, 5) is 26.9. The van der Waals surface area contributed by atoms with Gasteiger partial charge in [0.25, 0.3) is 0 Å². The number of likely N-dealkylation sites (tertiary alicyclic amines) is 1. The summed E-state index contributed by atoms with van der Waals surface area (Å²) in [6.45, 7) is 4.32. The van der Waals surface area contributed by atoms with Gasteiger partial charge in [-0.05, 0) is 0 Å².